The molecule has 0 aromatic heterocycles. The van der Waals surface area contributed by atoms with Gasteiger partial charge in [-0.25, -0.2) is 4.39 Å². The number of amides is 2. The number of benzene rings is 2. The number of likely N-dealkylation sites (tertiary alicyclic amines) is 1. The van der Waals surface area contributed by atoms with Gasteiger partial charge in [-0.3, -0.25) is 9.59 Å². The Hall–Kier alpha value is -2.89. The molecule has 2 aliphatic rings. The largest absolute Gasteiger partial charge is 0.465 e. The average Bonchev–Trinajstić information content (AvgIpc) is 2.98. The Kier molecular flexibility index (Phi) is 3.26. The normalized spacial score (nSPS) is 22.0. The van der Waals surface area contributed by atoms with Crippen molar-refractivity contribution in [2.75, 3.05) is 13.1 Å². The average molecular weight is 326 g/mol. The molecule has 2 aromatic rings. The molecule has 2 aromatic carbocycles. The molecule has 1 N–H and O–H groups in total. The second-order valence-corrected chi connectivity index (χ2v) is 6.00. The van der Waals surface area contributed by atoms with E-state index in [9.17, 15) is 14.0 Å². The molecule has 0 saturated carbocycles. The van der Waals surface area contributed by atoms with Crippen LogP contribution in [0.25, 0.3) is 0 Å². The predicted octanol–water partition coefficient (Wildman–Crippen LogP) is 2.19. The van der Waals surface area contributed by atoms with Gasteiger partial charge in [-0.2, -0.15) is 0 Å². The highest BCUT2D eigenvalue weighted by Gasteiger charge is 2.46. The molecule has 2 aliphatic heterocycles. The van der Waals surface area contributed by atoms with Gasteiger partial charge in [0.15, 0.2) is 0 Å². The SMILES string of the molecule is O=C1NC2(CCN(C(=O)c3ccccc3F)C2)Oc2ccccc21. The fourth-order valence-electron chi connectivity index (χ4n) is 3.20. The minimum absolute atomic E-state index is 0.0251. The highest BCUT2D eigenvalue weighted by molar-refractivity contribution is 5.99. The minimum Gasteiger partial charge on any atom is -0.465 e. The number of hydrogen-bond acceptors (Lipinski definition) is 3. The number of carbonyl (C=O) groups is 2. The Labute approximate surface area is 138 Å². The number of fused-ring (bicyclic) bond motifs is 1. The first-order valence-electron chi connectivity index (χ1n) is 7.72. The molecule has 24 heavy (non-hydrogen) atoms. The number of ether oxygens (including phenoxy) is 1. The van der Waals surface area contributed by atoms with E-state index in [0.29, 0.717) is 24.3 Å². The Morgan fingerprint density at radius 2 is 1.92 bits per heavy atom. The second kappa shape index (κ2) is 5.33. The molecular weight excluding hydrogens is 311 g/mol. The zero-order valence-corrected chi connectivity index (χ0v) is 12.8. The van der Waals surface area contributed by atoms with Gasteiger partial charge in [0.05, 0.1) is 17.7 Å². The fourth-order valence-corrected chi connectivity index (χ4v) is 3.20. The summed E-state index contributed by atoms with van der Waals surface area (Å²) in [5.74, 6) is -0.678. The molecule has 0 aliphatic carbocycles. The van der Waals surface area contributed by atoms with Crippen molar-refractivity contribution in [3.8, 4) is 5.75 Å². The molecule has 2 heterocycles. The predicted molar refractivity (Wildman–Crippen MR) is 84.2 cm³/mol. The molecule has 2 amide bonds. The molecule has 122 valence electrons. The first kappa shape index (κ1) is 14.7. The van der Waals surface area contributed by atoms with E-state index < -0.39 is 17.4 Å². The van der Waals surface area contributed by atoms with Gasteiger partial charge in [0.2, 0.25) is 5.72 Å². The van der Waals surface area contributed by atoms with Crippen molar-refractivity contribution in [1.29, 1.82) is 0 Å². The first-order chi connectivity index (χ1) is 11.6. The zero-order chi connectivity index (χ0) is 16.7. The standard InChI is InChI=1S/C18H15FN2O3/c19-14-7-3-1-5-12(14)17(23)21-10-9-18(11-21)20-16(22)13-6-2-4-8-15(13)24-18/h1-8H,9-11H2,(H,20,22). The van der Waals surface area contributed by atoms with Gasteiger partial charge in [0.1, 0.15) is 11.6 Å². The first-order valence-corrected chi connectivity index (χ1v) is 7.72. The van der Waals surface area contributed by atoms with Crippen LogP contribution in [0.5, 0.6) is 5.75 Å². The maximum absolute atomic E-state index is 13.8. The molecule has 1 saturated heterocycles. The van der Waals surface area contributed by atoms with Gasteiger partial charge in [-0.15, -0.1) is 0 Å². The van der Waals surface area contributed by atoms with Crippen LogP contribution in [-0.2, 0) is 0 Å². The zero-order valence-electron chi connectivity index (χ0n) is 12.8. The van der Waals surface area contributed by atoms with Gasteiger partial charge in [0, 0.05) is 13.0 Å². The highest BCUT2D eigenvalue weighted by atomic mass is 19.1. The van der Waals surface area contributed by atoms with Crippen molar-refractivity contribution in [3.63, 3.8) is 0 Å². The fraction of sp³-hybridized carbons (Fsp3) is 0.222. The lowest BCUT2D eigenvalue weighted by molar-refractivity contribution is 0.0239. The van der Waals surface area contributed by atoms with E-state index in [4.69, 9.17) is 4.74 Å². The molecule has 0 bridgehead atoms. The Bertz CT molecular complexity index is 839. The third-order valence-electron chi connectivity index (χ3n) is 4.40. The van der Waals surface area contributed by atoms with Gasteiger partial charge in [0.25, 0.3) is 11.8 Å². The van der Waals surface area contributed by atoms with E-state index in [-0.39, 0.29) is 18.0 Å². The summed E-state index contributed by atoms with van der Waals surface area (Å²) in [5, 5.41) is 2.85. The summed E-state index contributed by atoms with van der Waals surface area (Å²) in [7, 11) is 0. The summed E-state index contributed by atoms with van der Waals surface area (Å²) < 4.78 is 19.8. The Balaban J connectivity index is 1.58. The Morgan fingerprint density at radius 3 is 2.75 bits per heavy atom. The van der Waals surface area contributed by atoms with Crippen LogP contribution in [0.15, 0.2) is 48.5 Å². The van der Waals surface area contributed by atoms with Gasteiger partial charge in [-0.1, -0.05) is 24.3 Å². The van der Waals surface area contributed by atoms with Crippen molar-refractivity contribution < 1.29 is 18.7 Å². The summed E-state index contributed by atoms with van der Waals surface area (Å²) in [6.45, 7) is 0.565. The number of hydrogen-bond donors (Lipinski definition) is 1. The van der Waals surface area contributed by atoms with Crippen LogP contribution >= 0.6 is 0 Å². The molecular formula is C18H15FN2O3. The lowest BCUT2D eigenvalue weighted by atomic mass is 10.1. The number of halogens is 1. The van der Waals surface area contributed by atoms with Crippen molar-refractivity contribution in [3.05, 3.63) is 65.5 Å². The Morgan fingerprint density at radius 1 is 1.17 bits per heavy atom. The van der Waals surface area contributed by atoms with Crippen LogP contribution in [0.4, 0.5) is 4.39 Å². The van der Waals surface area contributed by atoms with Crippen molar-refractivity contribution in [2.24, 2.45) is 0 Å². The molecule has 5 nitrogen and oxygen atoms in total. The maximum Gasteiger partial charge on any atom is 0.258 e. The molecule has 6 heteroatoms. The van der Waals surface area contributed by atoms with Crippen molar-refractivity contribution in [1.82, 2.24) is 10.2 Å². The summed E-state index contributed by atoms with van der Waals surface area (Å²) >= 11 is 0. The number of carbonyl (C=O) groups excluding carboxylic acids is 2. The summed E-state index contributed by atoms with van der Waals surface area (Å²) in [4.78, 5) is 26.3. The molecule has 1 fully saturated rings. The third-order valence-corrected chi connectivity index (χ3v) is 4.40. The van der Waals surface area contributed by atoms with E-state index in [1.54, 1.807) is 36.4 Å². The number of nitrogens with zero attached hydrogens (tertiary/aromatic N) is 1. The van der Waals surface area contributed by atoms with E-state index in [2.05, 4.69) is 5.32 Å². The van der Waals surface area contributed by atoms with Crippen LogP contribution in [0.3, 0.4) is 0 Å². The number of rotatable bonds is 1. The van der Waals surface area contributed by atoms with Crippen LogP contribution in [-0.4, -0.2) is 35.5 Å². The van der Waals surface area contributed by atoms with Gasteiger partial charge < -0.3 is 15.0 Å². The van der Waals surface area contributed by atoms with Crippen LogP contribution in [0, 0.1) is 5.82 Å². The van der Waals surface area contributed by atoms with E-state index in [1.807, 2.05) is 0 Å². The monoisotopic (exact) mass is 326 g/mol. The number of para-hydroxylation sites is 1. The quantitative estimate of drug-likeness (QED) is 0.874. The highest BCUT2D eigenvalue weighted by Crippen LogP contribution is 2.33. The minimum atomic E-state index is -0.952. The van der Waals surface area contributed by atoms with E-state index >= 15 is 0 Å². The molecule has 1 atom stereocenters. The topological polar surface area (TPSA) is 58.6 Å². The lowest BCUT2D eigenvalue weighted by Gasteiger charge is -2.35. The molecule has 1 spiro atoms. The van der Waals surface area contributed by atoms with E-state index in [0.717, 1.165) is 0 Å². The molecule has 4 rings (SSSR count). The van der Waals surface area contributed by atoms with Crippen molar-refractivity contribution in [2.45, 2.75) is 12.1 Å². The maximum atomic E-state index is 13.8. The number of nitrogens with one attached hydrogen (secondary N) is 1. The summed E-state index contributed by atoms with van der Waals surface area (Å²) in [5.41, 5.74) is -0.453. The van der Waals surface area contributed by atoms with Crippen LogP contribution < -0.4 is 10.1 Å². The summed E-state index contributed by atoms with van der Waals surface area (Å²) in [6.07, 6.45) is 0.452. The third kappa shape index (κ3) is 2.31. The van der Waals surface area contributed by atoms with Crippen molar-refractivity contribution >= 4 is 11.8 Å². The van der Waals surface area contributed by atoms with Crippen LogP contribution in [0.2, 0.25) is 0 Å². The molecule has 0 radical (unpaired) electrons. The smallest absolute Gasteiger partial charge is 0.258 e. The van der Waals surface area contributed by atoms with E-state index in [1.165, 1.54) is 17.0 Å². The summed E-state index contributed by atoms with van der Waals surface area (Å²) in [6, 6.07) is 12.9. The second-order valence-electron chi connectivity index (χ2n) is 6.00. The van der Waals surface area contributed by atoms with Gasteiger partial charge in [-0.05, 0) is 24.3 Å². The molecule has 1 unspecified atom stereocenters. The van der Waals surface area contributed by atoms with Gasteiger partial charge >= 0.3 is 0 Å². The van der Waals surface area contributed by atoms with Crippen LogP contribution in [0.1, 0.15) is 27.1 Å². The lowest BCUT2D eigenvalue weighted by Crippen LogP contribution is -2.57.